The molecular weight excluding hydrogens is 190 g/mol. The van der Waals surface area contributed by atoms with Crippen LogP contribution in [0.4, 0.5) is 0 Å². The molecule has 4 nitrogen and oxygen atoms in total. The molecule has 1 fully saturated rings. The zero-order valence-electron chi connectivity index (χ0n) is 8.36. The summed E-state index contributed by atoms with van der Waals surface area (Å²) in [5, 5.41) is 3.26. The van der Waals surface area contributed by atoms with Crippen molar-refractivity contribution in [3.05, 3.63) is 24.3 Å². The van der Waals surface area contributed by atoms with Crippen molar-refractivity contribution in [1.82, 2.24) is 15.3 Å². The number of hydrogen-bond acceptors (Lipinski definition) is 3. The van der Waals surface area contributed by atoms with Crippen LogP contribution in [0.25, 0.3) is 11.0 Å². The Balaban J connectivity index is 1.84. The van der Waals surface area contributed by atoms with Crippen LogP contribution in [0, 0.1) is 0 Å². The van der Waals surface area contributed by atoms with Gasteiger partial charge in [-0.3, -0.25) is 0 Å². The fraction of sp³-hybridized carbons (Fsp3) is 0.364. The van der Waals surface area contributed by atoms with Gasteiger partial charge in [0.25, 0.3) is 6.01 Å². The third-order valence-corrected chi connectivity index (χ3v) is 2.66. The fourth-order valence-corrected chi connectivity index (χ4v) is 1.87. The quantitative estimate of drug-likeness (QED) is 0.773. The molecule has 2 N–H and O–H groups in total. The summed E-state index contributed by atoms with van der Waals surface area (Å²) in [6, 6.07) is 8.57. The van der Waals surface area contributed by atoms with Crippen molar-refractivity contribution < 1.29 is 4.74 Å². The highest BCUT2D eigenvalue weighted by atomic mass is 16.5. The number of aromatic amines is 1. The molecule has 1 aliphatic heterocycles. The number of hydrogen-bond donors (Lipinski definition) is 2. The predicted molar refractivity (Wildman–Crippen MR) is 58.0 cm³/mol. The Labute approximate surface area is 87.7 Å². The molecule has 3 rings (SSSR count). The van der Waals surface area contributed by atoms with Crippen LogP contribution in [-0.2, 0) is 0 Å². The van der Waals surface area contributed by atoms with Gasteiger partial charge in [-0.15, -0.1) is 0 Å². The number of aromatic nitrogens is 2. The summed E-state index contributed by atoms with van der Waals surface area (Å²) < 4.78 is 5.73. The van der Waals surface area contributed by atoms with E-state index in [1.165, 1.54) is 0 Å². The fourth-order valence-electron chi connectivity index (χ4n) is 1.87. The van der Waals surface area contributed by atoms with E-state index in [4.69, 9.17) is 4.74 Å². The molecule has 1 aliphatic rings. The average molecular weight is 203 g/mol. The van der Waals surface area contributed by atoms with E-state index in [2.05, 4.69) is 15.3 Å². The minimum atomic E-state index is 0.255. The number of nitrogens with zero attached hydrogens (tertiary/aromatic N) is 1. The zero-order valence-corrected chi connectivity index (χ0v) is 8.36. The largest absolute Gasteiger partial charge is 0.460 e. The molecule has 1 saturated heterocycles. The highest BCUT2D eigenvalue weighted by Crippen LogP contribution is 2.17. The van der Waals surface area contributed by atoms with Gasteiger partial charge in [0, 0.05) is 6.54 Å². The third kappa shape index (κ3) is 1.68. The highest BCUT2D eigenvalue weighted by molar-refractivity contribution is 5.75. The maximum atomic E-state index is 5.73. The second-order valence-corrected chi connectivity index (χ2v) is 3.79. The first-order valence-electron chi connectivity index (χ1n) is 5.24. The highest BCUT2D eigenvalue weighted by Gasteiger charge is 2.17. The molecule has 78 valence electrons. The number of ether oxygens (including phenoxy) is 1. The van der Waals surface area contributed by atoms with E-state index in [9.17, 15) is 0 Å². The van der Waals surface area contributed by atoms with Gasteiger partial charge in [-0.1, -0.05) is 12.1 Å². The predicted octanol–water partition coefficient (Wildman–Crippen LogP) is 1.30. The Kier molecular flexibility index (Phi) is 2.07. The van der Waals surface area contributed by atoms with Gasteiger partial charge in [-0.2, -0.15) is 4.98 Å². The number of rotatable bonds is 2. The molecule has 2 heterocycles. The van der Waals surface area contributed by atoms with Crippen molar-refractivity contribution in [3.63, 3.8) is 0 Å². The second kappa shape index (κ2) is 3.55. The Morgan fingerprint density at radius 2 is 2.27 bits per heavy atom. The standard InChI is InChI=1S/C11H13N3O/c1-2-4-10-9(3-1)13-11(14-10)15-8-5-6-12-7-8/h1-4,8,12H,5-7H2,(H,13,14)/t8-/m0/s1. The maximum Gasteiger partial charge on any atom is 0.294 e. The lowest BCUT2D eigenvalue weighted by molar-refractivity contribution is 0.207. The van der Waals surface area contributed by atoms with Crippen molar-refractivity contribution in [2.75, 3.05) is 13.1 Å². The topological polar surface area (TPSA) is 49.9 Å². The number of imidazole rings is 1. The minimum absolute atomic E-state index is 0.255. The molecule has 0 saturated carbocycles. The zero-order chi connectivity index (χ0) is 10.1. The van der Waals surface area contributed by atoms with Crippen LogP contribution >= 0.6 is 0 Å². The van der Waals surface area contributed by atoms with E-state index in [1.807, 2.05) is 24.3 Å². The first kappa shape index (κ1) is 8.73. The Morgan fingerprint density at radius 1 is 1.33 bits per heavy atom. The maximum absolute atomic E-state index is 5.73. The van der Waals surface area contributed by atoms with Crippen molar-refractivity contribution in [2.24, 2.45) is 0 Å². The summed E-state index contributed by atoms with van der Waals surface area (Å²) in [5.74, 6) is 0. The monoisotopic (exact) mass is 203 g/mol. The van der Waals surface area contributed by atoms with Gasteiger partial charge in [0.2, 0.25) is 0 Å². The van der Waals surface area contributed by atoms with Crippen LogP contribution in [0.3, 0.4) is 0 Å². The van der Waals surface area contributed by atoms with Gasteiger partial charge in [-0.05, 0) is 25.1 Å². The molecule has 0 bridgehead atoms. The lowest BCUT2D eigenvalue weighted by Gasteiger charge is -2.07. The lowest BCUT2D eigenvalue weighted by Crippen LogP contribution is -2.20. The van der Waals surface area contributed by atoms with E-state index in [-0.39, 0.29) is 6.10 Å². The number of fused-ring (bicyclic) bond motifs is 1. The first-order chi connectivity index (χ1) is 7.42. The van der Waals surface area contributed by atoms with Crippen molar-refractivity contribution in [2.45, 2.75) is 12.5 Å². The molecule has 0 radical (unpaired) electrons. The summed E-state index contributed by atoms with van der Waals surface area (Å²) in [6.45, 7) is 1.95. The molecule has 1 aromatic carbocycles. The van der Waals surface area contributed by atoms with Crippen LogP contribution in [0.15, 0.2) is 24.3 Å². The Bertz CT molecular complexity index is 427. The molecule has 0 unspecified atom stereocenters. The summed E-state index contributed by atoms with van der Waals surface area (Å²) in [4.78, 5) is 7.53. The molecule has 0 aliphatic carbocycles. The molecule has 4 heteroatoms. The van der Waals surface area contributed by atoms with Gasteiger partial charge in [0.15, 0.2) is 0 Å². The van der Waals surface area contributed by atoms with Gasteiger partial charge < -0.3 is 15.0 Å². The Hall–Kier alpha value is -1.55. The molecule has 15 heavy (non-hydrogen) atoms. The molecular formula is C11H13N3O. The van der Waals surface area contributed by atoms with Crippen LogP contribution in [-0.4, -0.2) is 29.2 Å². The van der Waals surface area contributed by atoms with Crippen molar-refractivity contribution >= 4 is 11.0 Å². The van der Waals surface area contributed by atoms with Crippen LogP contribution in [0.5, 0.6) is 6.01 Å². The number of H-pyrrole nitrogens is 1. The number of para-hydroxylation sites is 2. The van der Waals surface area contributed by atoms with Gasteiger partial charge in [-0.25, -0.2) is 0 Å². The smallest absolute Gasteiger partial charge is 0.294 e. The van der Waals surface area contributed by atoms with Crippen molar-refractivity contribution in [1.29, 1.82) is 0 Å². The number of benzene rings is 1. The van der Waals surface area contributed by atoms with Gasteiger partial charge in [0.1, 0.15) is 6.10 Å². The molecule has 1 aromatic heterocycles. The average Bonchev–Trinajstić information content (AvgIpc) is 2.86. The third-order valence-electron chi connectivity index (χ3n) is 2.66. The van der Waals surface area contributed by atoms with Gasteiger partial charge >= 0.3 is 0 Å². The molecule has 0 spiro atoms. The Morgan fingerprint density at radius 3 is 3.07 bits per heavy atom. The van der Waals surface area contributed by atoms with Crippen molar-refractivity contribution in [3.8, 4) is 6.01 Å². The summed E-state index contributed by atoms with van der Waals surface area (Å²) in [5.41, 5.74) is 1.98. The van der Waals surface area contributed by atoms with E-state index < -0.39 is 0 Å². The van der Waals surface area contributed by atoms with Crippen LogP contribution in [0.1, 0.15) is 6.42 Å². The number of nitrogens with one attached hydrogen (secondary N) is 2. The minimum Gasteiger partial charge on any atom is -0.460 e. The van der Waals surface area contributed by atoms with E-state index in [0.717, 1.165) is 30.5 Å². The second-order valence-electron chi connectivity index (χ2n) is 3.79. The van der Waals surface area contributed by atoms with Crippen LogP contribution < -0.4 is 10.1 Å². The SMILES string of the molecule is c1ccc2[nH]c(O[C@H]3CCNC3)nc2c1. The molecule has 1 atom stereocenters. The summed E-state index contributed by atoms with van der Waals surface area (Å²) >= 11 is 0. The first-order valence-corrected chi connectivity index (χ1v) is 5.24. The van der Waals surface area contributed by atoms with E-state index >= 15 is 0 Å². The summed E-state index contributed by atoms with van der Waals surface area (Å²) in [7, 11) is 0. The van der Waals surface area contributed by atoms with Gasteiger partial charge in [0.05, 0.1) is 11.0 Å². The van der Waals surface area contributed by atoms with E-state index in [1.54, 1.807) is 0 Å². The lowest BCUT2D eigenvalue weighted by atomic mass is 10.3. The molecule has 0 amide bonds. The molecule has 2 aromatic rings. The van der Waals surface area contributed by atoms with E-state index in [0.29, 0.717) is 6.01 Å². The summed E-state index contributed by atoms with van der Waals surface area (Å²) in [6.07, 6.45) is 1.31. The normalized spacial score (nSPS) is 20.9. The van der Waals surface area contributed by atoms with Crippen LogP contribution in [0.2, 0.25) is 0 Å².